The van der Waals surface area contributed by atoms with E-state index in [1.54, 1.807) is 0 Å². The predicted molar refractivity (Wildman–Crippen MR) is 37.3 cm³/mol. The van der Waals surface area contributed by atoms with Crippen LogP contribution in [0.5, 0.6) is 0 Å². The molecule has 1 unspecified atom stereocenters. The van der Waals surface area contributed by atoms with Crippen LogP contribution in [0.25, 0.3) is 0 Å². The van der Waals surface area contributed by atoms with Crippen molar-refractivity contribution in [3.05, 3.63) is 36.2 Å². The topological polar surface area (TPSA) is 0 Å². The first kappa shape index (κ1) is 8.11. The van der Waals surface area contributed by atoms with Gasteiger partial charge in [0.05, 0.1) is 0 Å². The average Bonchev–Trinajstić information content (AvgIpc) is 1.99. The molecule has 0 aromatic heterocycles. The summed E-state index contributed by atoms with van der Waals surface area (Å²) in [6.45, 7) is 3.31. The van der Waals surface area contributed by atoms with Gasteiger partial charge < -0.3 is 0 Å². The number of allylic oxidation sites excluding steroid dienone is 5. The highest BCUT2D eigenvalue weighted by atomic mass is 19.2. The molecule has 0 fully saturated rings. The van der Waals surface area contributed by atoms with E-state index in [-0.39, 0.29) is 5.57 Å². The molecule has 11 heavy (non-hydrogen) atoms. The van der Waals surface area contributed by atoms with Gasteiger partial charge in [0.1, 0.15) is 5.83 Å². The smallest absolute Gasteiger partial charge is 0.186 e. The summed E-state index contributed by atoms with van der Waals surface area (Å²) in [7, 11) is 0. The van der Waals surface area contributed by atoms with Gasteiger partial charge in [0.15, 0.2) is 12.3 Å². The molecular formula is C8H7F3. The van der Waals surface area contributed by atoms with Crippen LogP contribution < -0.4 is 0 Å². The van der Waals surface area contributed by atoms with Crippen molar-refractivity contribution in [1.82, 2.24) is 0 Å². The first-order chi connectivity index (χ1) is 5.15. The predicted octanol–water partition coefficient (Wildman–Crippen LogP) is 2.64. The largest absolute Gasteiger partial charge is 0.239 e. The van der Waals surface area contributed by atoms with Crippen molar-refractivity contribution in [2.75, 3.05) is 0 Å². The molecule has 0 N–H and O–H groups in total. The summed E-state index contributed by atoms with van der Waals surface area (Å²) < 4.78 is 37.3. The van der Waals surface area contributed by atoms with Crippen LogP contribution in [-0.4, -0.2) is 12.3 Å². The van der Waals surface area contributed by atoms with Gasteiger partial charge in [0, 0.05) is 0 Å². The molecule has 0 heterocycles. The standard InChI is InChI=1S/C8H7F3/c1-2-5-3-6(9)8(11)7(10)4-5/h2-4,6,8H,1H2/t6-,8?/m0/s1. The Morgan fingerprint density at radius 2 is 2.09 bits per heavy atom. The van der Waals surface area contributed by atoms with Crippen LogP contribution in [0.4, 0.5) is 13.2 Å². The van der Waals surface area contributed by atoms with Crippen molar-refractivity contribution < 1.29 is 13.2 Å². The Labute approximate surface area is 62.7 Å². The van der Waals surface area contributed by atoms with Gasteiger partial charge in [0.25, 0.3) is 0 Å². The van der Waals surface area contributed by atoms with Gasteiger partial charge in [-0.2, -0.15) is 0 Å². The highest BCUT2D eigenvalue weighted by Crippen LogP contribution is 2.24. The van der Waals surface area contributed by atoms with Gasteiger partial charge in [-0.1, -0.05) is 12.7 Å². The summed E-state index contributed by atoms with van der Waals surface area (Å²) in [6, 6.07) is 0. The third-order valence-corrected chi connectivity index (χ3v) is 1.43. The molecule has 0 amide bonds. The zero-order valence-corrected chi connectivity index (χ0v) is 5.73. The monoisotopic (exact) mass is 160 g/mol. The molecule has 1 aliphatic rings. The van der Waals surface area contributed by atoms with E-state index in [2.05, 4.69) is 6.58 Å². The Bertz CT molecular complexity index is 227. The van der Waals surface area contributed by atoms with Gasteiger partial charge >= 0.3 is 0 Å². The maximum atomic E-state index is 12.5. The Balaban J connectivity index is 2.90. The molecule has 3 heteroatoms. The van der Waals surface area contributed by atoms with Crippen LogP contribution in [0, 0.1) is 0 Å². The molecule has 0 radical (unpaired) electrons. The second-order valence-electron chi connectivity index (χ2n) is 2.25. The van der Waals surface area contributed by atoms with E-state index < -0.39 is 18.2 Å². The fourth-order valence-corrected chi connectivity index (χ4v) is 0.834. The van der Waals surface area contributed by atoms with Gasteiger partial charge in [-0.05, 0) is 17.7 Å². The van der Waals surface area contributed by atoms with E-state index in [4.69, 9.17) is 0 Å². The lowest BCUT2D eigenvalue weighted by molar-refractivity contribution is 0.206. The lowest BCUT2D eigenvalue weighted by atomic mass is 10.0. The molecular weight excluding hydrogens is 153 g/mol. The Morgan fingerprint density at radius 3 is 2.55 bits per heavy atom. The fourth-order valence-electron chi connectivity index (χ4n) is 0.834. The van der Waals surface area contributed by atoms with Crippen molar-refractivity contribution in [2.24, 2.45) is 0 Å². The van der Waals surface area contributed by atoms with E-state index in [1.807, 2.05) is 0 Å². The van der Waals surface area contributed by atoms with Crippen molar-refractivity contribution in [3.8, 4) is 0 Å². The molecule has 0 saturated carbocycles. The maximum Gasteiger partial charge on any atom is 0.186 e. The molecule has 1 rings (SSSR count). The molecule has 2 atom stereocenters. The normalized spacial score (nSPS) is 30.8. The summed E-state index contributed by atoms with van der Waals surface area (Å²) in [5, 5.41) is 0. The summed E-state index contributed by atoms with van der Waals surface area (Å²) in [6.07, 6.45) is -0.807. The van der Waals surface area contributed by atoms with Crippen molar-refractivity contribution in [2.45, 2.75) is 12.3 Å². The van der Waals surface area contributed by atoms with E-state index in [0.29, 0.717) is 0 Å². The maximum absolute atomic E-state index is 12.5. The zero-order valence-electron chi connectivity index (χ0n) is 5.73. The van der Waals surface area contributed by atoms with E-state index in [1.165, 1.54) is 6.08 Å². The number of rotatable bonds is 1. The number of halogens is 3. The SMILES string of the molecule is C=CC1=C[C@H](F)C(F)C(F)=C1. The minimum atomic E-state index is -2.14. The number of alkyl halides is 2. The minimum absolute atomic E-state index is 0.281. The van der Waals surface area contributed by atoms with Gasteiger partial charge in [0.2, 0.25) is 0 Å². The highest BCUT2D eigenvalue weighted by Gasteiger charge is 2.26. The van der Waals surface area contributed by atoms with Crippen LogP contribution in [0.3, 0.4) is 0 Å². The van der Waals surface area contributed by atoms with Crippen molar-refractivity contribution in [1.29, 1.82) is 0 Å². The lowest BCUT2D eigenvalue weighted by Crippen LogP contribution is -2.18. The molecule has 60 valence electrons. The first-order valence-corrected chi connectivity index (χ1v) is 3.14. The summed E-state index contributed by atoms with van der Waals surface area (Å²) in [5.41, 5.74) is 0.281. The molecule has 0 saturated heterocycles. The van der Waals surface area contributed by atoms with Gasteiger partial charge in [-0.3, -0.25) is 0 Å². The molecule has 0 aromatic carbocycles. The zero-order chi connectivity index (χ0) is 8.43. The van der Waals surface area contributed by atoms with Crippen LogP contribution >= 0.6 is 0 Å². The van der Waals surface area contributed by atoms with E-state index >= 15 is 0 Å². The van der Waals surface area contributed by atoms with Gasteiger partial charge in [-0.15, -0.1) is 0 Å². The Morgan fingerprint density at radius 1 is 1.45 bits per heavy atom. The van der Waals surface area contributed by atoms with Crippen LogP contribution in [0.2, 0.25) is 0 Å². The highest BCUT2D eigenvalue weighted by molar-refractivity contribution is 5.37. The van der Waals surface area contributed by atoms with Crippen molar-refractivity contribution >= 4 is 0 Å². The Hall–Kier alpha value is -0.990. The fraction of sp³-hybridized carbons (Fsp3) is 0.250. The molecule has 0 aliphatic heterocycles. The second kappa shape index (κ2) is 2.95. The molecule has 0 spiro atoms. The summed E-state index contributed by atoms with van der Waals surface area (Å²) >= 11 is 0. The average molecular weight is 160 g/mol. The van der Waals surface area contributed by atoms with Crippen LogP contribution in [-0.2, 0) is 0 Å². The first-order valence-electron chi connectivity index (χ1n) is 3.14. The molecule has 0 nitrogen and oxygen atoms in total. The minimum Gasteiger partial charge on any atom is -0.239 e. The molecule has 1 aliphatic carbocycles. The van der Waals surface area contributed by atoms with Crippen molar-refractivity contribution in [3.63, 3.8) is 0 Å². The van der Waals surface area contributed by atoms with Crippen LogP contribution in [0.15, 0.2) is 36.2 Å². The second-order valence-corrected chi connectivity index (χ2v) is 2.25. The Kier molecular flexibility index (Phi) is 2.17. The summed E-state index contributed by atoms with van der Waals surface area (Å²) in [4.78, 5) is 0. The lowest BCUT2D eigenvalue weighted by Gasteiger charge is -2.13. The quantitative estimate of drug-likeness (QED) is 0.553. The molecule has 0 bridgehead atoms. The summed E-state index contributed by atoms with van der Waals surface area (Å²) in [5.74, 6) is -1.07. The third-order valence-electron chi connectivity index (χ3n) is 1.43. The number of hydrogen-bond donors (Lipinski definition) is 0. The van der Waals surface area contributed by atoms with E-state index in [9.17, 15) is 13.2 Å². The van der Waals surface area contributed by atoms with Gasteiger partial charge in [-0.25, -0.2) is 13.2 Å². The molecule has 0 aromatic rings. The third kappa shape index (κ3) is 1.53. The van der Waals surface area contributed by atoms with E-state index in [0.717, 1.165) is 12.2 Å². The number of hydrogen-bond acceptors (Lipinski definition) is 0. The van der Waals surface area contributed by atoms with Crippen LogP contribution in [0.1, 0.15) is 0 Å².